The van der Waals surface area contributed by atoms with Crippen LogP contribution < -0.4 is 53.7 Å². The molecule has 2 heterocycles. The summed E-state index contributed by atoms with van der Waals surface area (Å²) in [6, 6.07) is -3.80. The number of hydroxylamine groups is 1. The van der Waals surface area contributed by atoms with Gasteiger partial charge in [-0.05, 0) is 56.8 Å². The number of primary amides is 1. The topological polar surface area (TPSA) is 345 Å². The van der Waals surface area contributed by atoms with Gasteiger partial charge in [0, 0.05) is 36.3 Å². The number of carbonyl (C=O) groups is 10. The maximum absolute atomic E-state index is 13.3. The number of carbonyl (C=O) groups excluding carboxylic acids is 9. The summed E-state index contributed by atoms with van der Waals surface area (Å²) in [4.78, 5) is 124. The first-order valence-electron chi connectivity index (χ1n) is 20.6. The van der Waals surface area contributed by atoms with Gasteiger partial charge >= 0.3 is 12.0 Å². The van der Waals surface area contributed by atoms with Crippen molar-refractivity contribution in [3.05, 3.63) is 0 Å². The van der Waals surface area contributed by atoms with Gasteiger partial charge in [-0.25, -0.2) is 10.3 Å². The Kier molecular flexibility index (Phi) is 22.9. The molecular formula is C38H64N10O12S. The van der Waals surface area contributed by atoms with Crippen LogP contribution in [0.1, 0.15) is 98.3 Å². The lowest BCUT2D eigenvalue weighted by Gasteiger charge is -2.26. The molecule has 61 heavy (non-hydrogen) atoms. The van der Waals surface area contributed by atoms with E-state index in [4.69, 9.17) is 10.9 Å². The maximum Gasteiger partial charge on any atom is 0.315 e. The van der Waals surface area contributed by atoms with Gasteiger partial charge in [-0.3, -0.25) is 48.4 Å². The number of nitrogens with one attached hydrogen (secondary N) is 9. The predicted octanol–water partition coefficient (Wildman–Crippen LogP) is -1.75. The fourth-order valence-corrected chi connectivity index (χ4v) is 8.44. The van der Waals surface area contributed by atoms with Crippen molar-refractivity contribution in [2.75, 3.05) is 25.4 Å². The van der Waals surface area contributed by atoms with E-state index in [2.05, 4.69) is 42.5 Å². The molecule has 7 atom stereocenters. The zero-order chi connectivity index (χ0) is 45.6. The number of nitrogens with two attached hydrogens (primary N) is 1. The average molecular weight is 885 g/mol. The lowest BCUT2D eigenvalue weighted by Crippen LogP contribution is -2.56. The third-order valence-corrected chi connectivity index (χ3v) is 11.4. The molecule has 0 aliphatic carbocycles. The SMILES string of the molecule is CC(C)CC(CC(=O)NO)C(=O)N[C@@H](CC(C)C)C(=O)N[C@@H](CC(=O)O)C(=O)NCC(=O)NCC(=O)N[C@@H](CCCCNC(=O)CCCC[C@@H]1SC[C@@H]2NC(=O)N[C@@H]21)C(N)=O. The Morgan fingerprint density at radius 3 is 2.03 bits per heavy atom. The molecule has 0 aromatic carbocycles. The number of carboxylic acids is 1. The Balaban J connectivity index is 1.76. The van der Waals surface area contributed by atoms with E-state index < -0.39 is 90.9 Å². The first kappa shape index (κ1) is 51.9. The second-order valence-corrected chi connectivity index (χ2v) is 17.4. The molecule has 22 nitrogen and oxygen atoms in total. The number of unbranched alkanes of at least 4 members (excludes halogenated alkanes) is 2. The average Bonchev–Trinajstić information content (AvgIpc) is 3.74. The van der Waals surface area contributed by atoms with Crippen LogP contribution in [0.5, 0.6) is 0 Å². The number of thioether (sulfide) groups is 1. The first-order chi connectivity index (χ1) is 28.8. The number of hydrogen-bond acceptors (Lipinski definition) is 12. The molecule has 2 aliphatic heterocycles. The van der Waals surface area contributed by atoms with Crippen LogP contribution in [-0.2, 0) is 43.2 Å². The molecule has 13 N–H and O–H groups in total. The van der Waals surface area contributed by atoms with Gasteiger partial charge in [0.25, 0.3) is 0 Å². The minimum absolute atomic E-state index is 0.0225. The minimum Gasteiger partial charge on any atom is -0.481 e. The van der Waals surface area contributed by atoms with E-state index in [1.165, 1.54) is 5.48 Å². The standard InChI is InChI=1S/C38H64N10O12S/c1-20(2)13-22(15-29(50)48-60)35(56)44-24(14-21(3)4)37(58)45-25(16-32(53)54)36(57)42-17-30(51)41-18-31(52)43-23(34(39)55)9-7-8-12-40-28(49)11-6-5-10-27-33-26(19-61-27)46-38(59)47-33/h20-27,33,60H,5-19H2,1-4H3,(H2,39,55)(H,40,49)(H,41,51)(H,42,57)(H,43,52)(H,44,56)(H,45,58)(H,48,50)(H,53,54)(H2,46,47,59)/t22?,23-,24-,25-,26-,27-,33-/m0/s1. The second kappa shape index (κ2) is 26.9. The van der Waals surface area contributed by atoms with Crippen LogP contribution in [0.25, 0.3) is 0 Å². The van der Waals surface area contributed by atoms with Crippen LogP contribution in [-0.4, -0.2) is 130 Å². The van der Waals surface area contributed by atoms with Gasteiger partial charge in [0.1, 0.15) is 18.1 Å². The van der Waals surface area contributed by atoms with Gasteiger partial charge in [-0.15, -0.1) is 0 Å². The molecule has 0 bridgehead atoms. The third-order valence-electron chi connectivity index (χ3n) is 9.91. The fourth-order valence-electron chi connectivity index (χ4n) is 6.90. The van der Waals surface area contributed by atoms with Crippen LogP contribution >= 0.6 is 11.8 Å². The number of urea groups is 1. The van der Waals surface area contributed by atoms with Crippen molar-refractivity contribution in [2.45, 2.75) is 134 Å². The third kappa shape index (κ3) is 20.3. The van der Waals surface area contributed by atoms with Crippen molar-refractivity contribution in [3.8, 4) is 0 Å². The van der Waals surface area contributed by atoms with Gasteiger partial charge in [0.2, 0.25) is 47.3 Å². The minimum atomic E-state index is -1.67. The van der Waals surface area contributed by atoms with Crippen molar-refractivity contribution in [3.63, 3.8) is 0 Å². The zero-order valence-electron chi connectivity index (χ0n) is 35.3. The van der Waals surface area contributed by atoms with Crippen molar-refractivity contribution in [2.24, 2.45) is 23.5 Å². The molecule has 0 aromatic heterocycles. The number of fused-ring (bicyclic) bond motifs is 1. The van der Waals surface area contributed by atoms with E-state index >= 15 is 0 Å². The molecule has 1 unspecified atom stereocenters. The van der Waals surface area contributed by atoms with Gasteiger partial charge in [0.15, 0.2) is 0 Å². The highest BCUT2D eigenvalue weighted by molar-refractivity contribution is 8.00. The lowest BCUT2D eigenvalue weighted by atomic mass is 9.92. The summed E-state index contributed by atoms with van der Waals surface area (Å²) in [6.45, 7) is 6.23. The zero-order valence-corrected chi connectivity index (χ0v) is 36.1. The Morgan fingerprint density at radius 2 is 1.39 bits per heavy atom. The molecule has 2 fully saturated rings. The van der Waals surface area contributed by atoms with Crippen LogP contribution in [0.2, 0.25) is 0 Å². The summed E-state index contributed by atoms with van der Waals surface area (Å²) in [5, 5.41) is 39.2. The monoisotopic (exact) mass is 884 g/mol. The molecule has 0 spiro atoms. The van der Waals surface area contributed by atoms with E-state index in [0.717, 1.165) is 18.6 Å². The Bertz CT molecular complexity index is 1570. The second-order valence-electron chi connectivity index (χ2n) is 16.1. The molecule has 0 saturated carbocycles. The highest BCUT2D eigenvalue weighted by Crippen LogP contribution is 2.33. The summed E-state index contributed by atoms with van der Waals surface area (Å²) in [6.07, 6.45) is 3.06. The van der Waals surface area contributed by atoms with Crippen LogP contribution in [0.15, 0.2) is 0 Å². The molecule has 2 saturated heterocycles. The summed E-state index contributed by atoms with van der Waals surface area (Å²) in [5.41, 5.74) is 6.93. The number of amides is 10. The van der Waals surface area contributed by atoms with Crippen LogP contribution in [0.4, 0.5) is 4.79 Å². The number of rotatable bonds is 29. The van der Waals surface area contributed by atoms with Crippen LogP contribution in [0.3, 0.4) is 0 Å². The maximum atomic E-state index is 13.3. The number of hydrogen-bond donors (Lipinski definition) is 12. The number of aliphatic carboxylic acids is 1. The number of carboxylic acid groups (broad SMARTS) is 1. The van der Waals surface area contributed by atoms with E-state index in [0.29, 0.717) is 37.5 Å². The summed E-state index contributed by atoms with van der Waals surface area (Å²) >= 11 is 1.82. The molecule has 10 amide bonds. The van der Waals surface area contributed by atoms with E-state index in [1.54, 1.807) is 13.8 Å². The Hall–Kier alpha value is -5.19. The van der Waals surface area contributed by atoms with Gasteiger partial charge < -0.3 is 53.4 Å². The largest absolute Gasteiger partial charge is 0.481 e. The molecule has 0 radical (unpaired) electrons. The van der Waals surface area contributed by atoms with Gasteiger partial charge in [-0.1, -0.05) is 34.1 Å². The van der Waals surface area contributed by atoms with Gasteiger partial charge in [-0.2, -0.15) is 11.8 Å². The highest BCUT2D eigenvalue weighted by atomic mass is 32.2. The van der Waals surface area contributed by atoms with Crippen molar-refractivity contribution in [1.29, 1.82) is 0 Å². The van der Waals surface area contributed by atoms with E-state index in [9.17, 15) is 53.1 Å². The molecule has 344 valence electrons. The molecule has 2 rings (SSSR count). The summed E-state index contributed by atoms with van der Waals surface area (Å²) < 4.78 is 0. The molecular weight excluding hydrogens is 821 g/mol. The summed E-state index contributed by atoms with van der Waals surface area (Å²) in [5.74, 6) is -7.53. The smallest absolute Gasteiger partial charge is 0.315 e. The van der Waals surface area contributed by atoms with E-state index in [1.807, 2.05) is 25.6 Å². The normalized spacial score (nSPS) is 18.6. The first-order valence-corrected chi connectivity index (χ1v) is 21.7. The van der Waals surface area contributed by atoms with Crippen molar-refractivity contribution >= 4 is 71.0 Å². The highest BCUT2D eigenvalue weighted by Gasteiger charge is 2.42. The van der Waals surface area contributed by atoms with Gasteiger partial charge in [0.05, 0.1) is 31.6 Å². The van der Waals surface area contributed by atoms with Crippen molar-refractivity contribution < 1.29 is 58.3 Å². The lowest BCUT2D eigenvalue weighted by molar-refractivity contribution is -0.141. The quantitative estimate of drug-likeness (QED) is 0.0172. The van der Waals surface area contributed by atoms with Crippen LogP contribution in [0, 0.1) is 17.8 Å². The molecule has 23 heteroatoms. The predicted molar refractivity (Wildman–Crippen MR) is 221 cm³/mol. The Morgan fingerprint density at radius 1 is 0.721 bits per heavy atom. The molecule has 0 aromatic rings. The summed E-state index contributed by atoms with van der Waals surface area (Å²) in [7, 11) is 0. The van der Waals surface area contributed by atoms with E-state index in [-0.39, 0.29) is 61.5 Å². The molecule has 2 aliphatic rings. The van der Waals surface area contributed by atoms with Crippen molar-refractivity contribution in [1.82, 2.24) is 48.0 Å². The fraction of sp³-hybridized carbons (Fsp3) is 0.737. The Labute approximate surface area is 359 Å².